The first-order valence-electron chi connectivity index (χ1n) is 6.52. The molecule has 1 unspecified atom stereocenters. The summed E-state index contributed by atoms with van der Waals surface area (Å²) in [5, 5.41) is 0. The topological polar surface area (TPSA) is 43.4 Å². The van der Waals surface area contributed by atoms with E-state index < -0.39 is 5.92 Å². The summed E-state index contributed by atoms with van der Waals surface area (Å²) in [5.41, 5.74) is 0.539. The fourth-order valence-corrected chi connectivity index (χ4v) is 2.20. The molecule has 3 nitrogen and oxygen atoms in total. The summed E-state index contributed by atoms with van der Waals surface area (Å²) >= 11 is 0. The van der Waals surface area contributed by atoms with Crippen LogP contribution in [0.25, 0.3) is 0 Å². The first kappa shape index (κ1) is 12.8. The molecular weight excluding hydrogens is 228 g/mol. The van der Waals surface area contributed by atoms with Crippen molar-refractivity contribution in [1.29, 1.82) is 0 Å². The molecule has 1 aliphatic rings. The summed E-state index contributed by atoms with van der Waals surface area (Å²) < 4.78 is 5.49. The second kappa shape index (κ2) is 5.80. The number of para-hydroxylation sites is 1. The number of carbonyl (C=O) groups is 2. The zero-order valence-electron chi connectivity index (χ0n) is 10.6. The average Bonchev–Trinajstić information content (AvgIpc) is 2.39. The summed E-state index contributed by atoms with van der Waals surface area (Å²) in [5.74, 6) is -0.0711. The van der Waals surface area contributed by atoms with E-state index in [4.69, 9.17) is 4.74 Å². The van der Waals surface area contributed by atoms with Crippen LogP contribution in [0.1, 0.15) is 43.0 Å². The number of hydrogen-bond acceptors (Lipinski definition) is 3. The van der Waals surface area contributed by atoms with E-state index in [9.17, 15) is 9.59 Å². The van der Waals surface area contributed by atoms with Crippen molar-refractivity contribution in [1.82, 2.24) is 0 Å². The Morgan fingerprint density at radius 2 is 2.11 bits per heavy atom. The minimum atomic E-state index is -0.600. The number of fused-ring (bicyclic) bond motifs is 1. The lowest BCUT2D eigenvalue weighted by atomic mass is 9.89. The van der Waals surface area contributed by atoms with E-state index in [-0.39, 0.29) is 18.2 Å². The summed E-state index contributed by atoms with van der Waals surface area (Å²) in [6.45, 7) is 2.29. The quantitative estimate of drug-likeness (QED) is 0.592. The third kappa shape index (κ3) is 2.61. The van der Waals surface area contributed by atoms with Crippen LogP contribution in [-0.4, -0.2) is 18.2 Å². The van der Waals surface area contributed by atoms with Crippen molar-refractivity contribution in [2.45, 2.75) is 32.6 Å². The lowest BCUT2D eigenvalue weighted by Crippen LogP contribution is -2.34. The van der Waals surface area contributed by atoms with E-state index in [1.807, 2.05) is 6.07 Å². The zero-order valence-corrected chi connectivity index (χ0v) is 10.6. The first-order chi connectivity index (χ1) is 8.74. The van der Waals surface area contributed by atoms with Crippen LogP contribution >= 0.6 is 0 Å². The molecule has 0 saturated heterocycles. The van der Waals surface area contributed by atoms with Crippen LogP contribution in [0.4, 0.5) is 0 Å². The monoisotopic (exact) mass is 246 g/mol. The van der Waals surface area contributed by atoms with Gasteiger partial charge in [-0.3, -0.25) is 9.59 Å². The van der Waals surface area contributed by atoms with Gasteiger partial charge in [0.15, 0.2) is 5.78 Å². The Morgan fingerprint density at radius 3 is 2.89 bits per heavy atom. The maximum atomic E-state index is 12.2. The van der Waals surface area contributed by atoms with Gasteiger partial charge in [0.1, 0.15) is 24.1 Å². The van der Waals surface area contributed by atoms with Crippen molar-refractivity contribution >= 4 is 11.6 Å². The van der Waals surface area contributed by atoms with Crippen LogP contribution in [-0.2, 0) is 4.79 Å². The molecule has 0 spiro atoms. The van der Waals surface area contributed by atoms with Crippen LogP contribution < -0.4 is 4.74 Å². The van der Waals surface area contributed by atoms with Gasteiger partial charge >= 0.3 is 0 Å². The third-order valence-electron chi connectivity index (χ3n) is 3.29. The highest BCUT2D eigenvalue weighted by Gasteiger charge is 2.33. The lowest BCUT2D eigenvalue weighted by Gasteiger charge is -2.23. The number of ether oxygens (including phenoxy) is 1. The lowest BCUT2D eigenvalue weighted by molar-refractivity contribution is -0.122. The van der Waals surface area contributed by atoms with Gasteiger partial charge in [-0.05, 0) is 18.6 Å². The predicted octanol–water partition coefficient (Wildman–Crippen LogP) is 3.03. The van der Waals surface area contributed by atoms with Crippen molar-refractivity contribution in [3.05, 3.63) is 29.8 Å². The number of benzene rings is 1. The van der Waals surface area contributed by atoms with Gasteiger partial charge in [0, 0.05) is 6.42 Å². The van der Waals surface area contributed by atoms with E-state index >= 15 is 0 Å². The van der Waals surface area contributed by atoms with E-state index in [2.05, 4.69) is 6.92 Å². The van der Waals surface area contributed by atoms with E-state index in [0.717, 1.165) is 19.3 Å². The molecule has 0 aromatic heterocycles. The van der Waals surface area contributed by atoms with Gasteiger partial charge in [-0.1, -0.05) is 31.9 Å². The molecule has 0 aliphatic carbocycles. The number of unbranched alkanes of at least 4 members (excludes halogenated alkanes) is 2. The number of rotatable bonds is 5. The zero-order chi connectivity index (χ0) is 13.0. The highest BCUT2D eigenvalue weighted by Crippen LogP contribution is 2.28. The number of hydrogen-bond donors (Lipinski definition) is 0. The largest absolute Gasteiger partial charge is 0.492 e. The molecule has 0 N–H and O–H groups in total. The highest BCUT2D eigenvalue weighted by molar-refractivity contribution is 6.12. The molecule has 0 amide bonds. The van der Waals surface area contributed by atoms with Crippen LogP contribution in [0.2, 0.25) is 0 Å². The molecule has 2 rings (SSSR count). The summed E-state index contributed by atoms with van der Waals surface area (Å²) in [6.07, 6.45) is 3.45. The molecule has 96 valence electrons. The fraction of sp³-hybridized carbons (Fsp3) is 0.467. The van der Waals surface area contributed by atoms with Gasteiger partial charge < -0.3 is 4.74 Å². The molecule has 1 aromatic carbocycles. The Labute approximate surface area is 107 Å². The molecule has 0 bridgehead atoms. The summed E-state index contributed by atoms with van der Waals surface area (Å²) in [7, 11) is 0. The second-order valence-electron chi connectivity index (χ2n) is 4.65. The second-order valence-corrected chi connectivity index (χ2v) is 4.65. The van der Waals surface area contributed by atoms with Crippen molar-refractivity contribution in [2.75, 3.05) is 6.61 Å². The molecular formula is C15H18O3. The molecule has 0 saturated carbocycles. The Kier molecular flexibility index (Phi) is 4.13. The van der Waals surface area contributed by atoms with E-state index in [1.165, 1.54) is 0 Å². The van der Waals surface area contributed by atoms with Crippen molar-refractivity contribution in [3.63, 3.8) is 0 Å². The Bertz CT molecular complexity index is 451. The van der Waals surface area contributed by atoms with Gasteiger partial charge in [0.05, 0.1) is 5.56 Å². The molecule has 1 heterocycles. The van der Waals surface area contributed by atoms with Crippen LogP contribution in [0, 0.1) is 5.92 Å². The Hall–Kier alpha value is -1.64. The fourth-order valence-electron chi connectivity index (χ4n) is 2.20. The van der Waals surface area contributed by atoms with Crippen LogP contribution in [0.15, 0.2) is 24.3 Å². The van der Waals surface area contributed by atoms with Gasteiger partial charge in [-0.2, -0.15) is 0 Å². The Morgan fingerprint density at radius 1 is 1.33 bits per heavy atom. The van der Waals surface area contributed by atoms with Gasteiger partial charge in [-0.25, -0.2) is 0 Å². The van der Waals surface area contributed by atoms with Crippen molar-refractivity contribution in [3.8, 4) is 5.75 Å². The maximum absolute atomic E-state index is 12.2. The standard InChI is InChI=1S/C15H18O3/c1-2-3-4-8-13(16)12-10-18-14-9-6-5-7-11(14)15(12)17/h5-7,9,12H,2-4,8,10H2,1H3. The maximum Gasteiger partial charge on any atom is 0.180 e. The molecule has 1 aromatic rings. The number of Topliss-reactive ketones (excluding diaryl/α,β-unsaturated/α-hetero) is 2. The normalized spacial score (nSPS) is 18.1. The SMILES string of the molecule is CCCCCC(=O)C1COc2ccccc2C1=O. The molecule has 1 aliphatic heterocycles. The smallest absolute Gasteiger partial charge is 0.180 e. The van der Waals surface area contributed by atoms with Crippen molar-refractivity contribution < 1.29 is 14.3 Å². The summed E-state index contributed by atoms with van der Waals surface area (Å²) in [4.78, 5) is 24.2. The Balaban J connectivity index is 2.05. The van der Waals surface area contributed by atoms with Crippen LogP contribution in [0.5, 0.6) is 5.75 Å². The minimum absolute atomic E-state index is 0.0166. The van der Waals surface area contributed by atoms with Gasteiger partial charge in [0.2, 0.25) is 0 Å². The van der Waals surface area contributed by atoms with Crippen molar-refractivity contribution in [2.24, 2.45) is 5.92 Å². The highest BCUT2D eigenvalue weighted by atomic mass is 16.5. The van der Waals surface area contributed by atoms with Crippen LogP contribution in [0.3, 0.4) is 0 Å². The third-order valence-corrected chi connectivity index (χ3v) is 3.29. The molecule has 0 radical (unpaired) electrons. The molecule has 18 heavy (non-hydrogen) atoms. The number of carbonyl (C=O) groups excluding carboxylic acids is 2. The summed E-state index contributed by atoms with van der Waals surface area (Å²) in [6, 6.07) is 7.12. The van der Waals surface area contributed by atoms with Gasteiger partial charge in [0.25, 0.3) is 0 Å². The van der Waals surface area contributed by atoms with E-state index in [0.29, 0.717) is 17.7 Å². The molecule has 0 fully saturated rings. The van der Waals surface area contributed by atoms with E-state index in [1.54, 1.807) is 18.2 Å². The number of ketones is 2. The first-order valence-corrected chi connectivity index (χ1v) is 6.52. The average molecular weight is 246 g/mol. The minimum Gasteiger partial charge on any atom is -0.492 e. The van der Waals surface area contributed by atoms with Gasteiger partial charge in [-0.15, -0.1) is 0 Å². The molecule has 3 heteroatoms. The molecule has 1 atom stereocenters. The predicted molar refractivity (Wildman–Crippen MR) is 68.9 cm³/mol.